The molecule has 1 saturated carbocycles. The number of rotatable bonds is 7. The molecule has 26 heavy (non-hydrogen) atoms. The first-order valence-electron chi connectivity index (χ1n) is 8.91. The van der Waals surface area contributed by atoms with Gasteiger partial charge >= 0.3 is 0 Å². The Morgan fingerprint density at radius 3 is 2.69 bits per heavy atom. The van der Waals surface area contributed by atoms with Gasteiger partial charge in [-0.3, -0.25) is 0 Å². The summed E-state index contributed by atoms with van der Waals surface area (Å²) in [5.41, 5.74) is 6.59. The Labute approximate surface area is 169 Å². The highest BCUT2D eigenvalue weighted by Gasteiger charge is 2.34. The molecule has 0 spiro atoms. The van der Waals surface area contributed by atoms with E-state index in [4.69, 9.17) is 28.9 Å². The van der Waals surface area contributed by atoms with Crippen LogP contribution < -0.4 is 10.6 Å². The molecule has 3 rings (SSSR count). The summed E-state index contributed by atoms with van der Waals surface area (Å²) in [7, 11) is 0. The van der Waals surface area contributed by atoms with Gasteiger partial charge in [-0.1, -0.05) is 61.3 Å². The van der Waals surface area contributed by atoms with Crippen molar-refractivity contribution in [3.63, 3.8) is 0 Å². The quantitative estimate of drug-likeness (QED) is 0.613. The van der Waals surface area contributed by atoms with E-state index in [0.717, 1.165) is 30.2 Å². The highest BCUT2D eigenvalue weighted by Crippen LogP contribution is 2.42. The zero-order valence-corrected chi connectivity index (χ0v) is 17.5. The minimum Gasteiger partial charge on any atom is -0.381 e. The second kappa shape index (κ2) is 8.24. The lowest BCUT2D eigenvalue weighted by atomic mass is 9.70. The monoisotopic (exact) mass is 410 g/mol. The van der Waals surface area contributed by atoms with Gasteiger partial charge in [-0.15, -0.1) is 0 Å². The van der Waals surface area contributed by atoms with Crippen LogP contribution in [-0.2, 0) is 0 Å². The average Bonchev–Trinajstić information content (AvgIpc) is 2.58. The van der Waals surface area contributed by atoms with E-state index in [1.165, 1.54) is 31.0 Å². The lowest BCUT2D eigenvalue weighted by Crippen LogP contribution is -2.41. The van der Waals surface area contributed by atoms with Crippen LogP contribution in [-0.4, -0.2) is 23.1 Å². The first kappa shape index (κ1) is 19.6. The molecule has 0 atom stereocenters. The lowest BCUT2D eigenvalue weighted by Gasteiger charge is -2.42. The summed E-state index contributed by atoms with van der Waals surface area (Å²) < 4.78 is 0. The summed E-state index contributed by atoms with van der Waals surface area (Å²) in [6, 6.07) is 5.52. The molecule has 1 aromatic carbocycles. The molecule has 1 aliphatic rings. The fraction of sp³-hybridized carbons (Fsp3) is 0.474. The number of nitrogen functional groups attached to an aromatic ring is 1. The van der Waals surface area contributed by atoms with Crippen molar-refractivity contribution in [2.75, 3.05) is 23.7 Å². The van der Waals surface area contributed by atoms with Crippen LogP contribution in [0.2, 0.25) is 10.0 Å². The molecule has 0 bridgehead atoms. The van der Waals surface area contributed by atoms with Crippen molar-refractivity contribution in [3.8, 4) is 0 Å². The van der Waals surface area contributed by atoms with Crippen LogP contribution in [0.25, 0.3) is 0 Å². The third-order valence-corrected chi connectivity index (χ3v) is 6.82. The molecule has 1 fully saturated rings. The predicted molar refractivity (Wildman–Crippen MR) is 111 cm³/mol. The highest BCUT2D eigenvalue weighted by atomic mass is 35.5. The molecule has 1 heterocycles. The maximum atomic E-state index is 6.26. The van der Waals surface area contributed by atoms with Gasteiger partial charge in [-0.05, 0) is 36.8 Å². The van der Waals surface area contributed by atoms with Crippen LogP contribution in [0.15, 0.2) is 34.3 Å². The van der Waals surface area contributed by atoms with Gasteiger partial charge in [0.1, 0.15) is 10.8 Å². The Balaban J connectivity index is 1.80. The lowest BCUT2D eigenvalue weighted by molar-refractivity contribution is 0.168. The van der Waals surface area contributed by atoms with Crippen molar-refractivity contribution in [1.29, 1.82) is 0 Å². The number of nitrogens with two attached hydrogens (primary N) is 1. The van der Waals surface area contributed by atoms with Gasteiger partial charge in [-0.25, -0.2) is 9.97 Å². The Hall–Kier alpha value is -1.17. The number of nitrogens with zero attached hydrogens (tertiary/aromatic N) is 3. The number of hydrogen-bond acceptors (Lipinski definition) is 5. The van der Waals surface area contributed by atoms with Crippen molar-refractivity contribution in [2.24, 2.45) is 5.41 Å². The van der Waals surface area contributed by atoms with Gasteiger partial charge in [0, 0.05) is 18.0 Å². The van der Waals surface area contributed by atoms with Gasteiger partial charge in [0.2, 0.25) is 0 Å². The van der Waals surface area contributed by atoms with E-state index in [-0.39, 0.29) is 0 Å². The first-order valence-corrected chi connectivity index (χ1v) is 10.5. The number of halogens is 2. The molecule has 0 amide bonds. The largest absolute Gasteiger partial charge is 0.381 e. The maximum absolute atomic E-state index is 6.26. The summed E-state index contributed by atoms with van der Waals surface area (Å²) in [4.78, 5) is 12.3. The molecular formula is C19H24Cl2N4S. The third kappa shape index (κ3) is 4.38. The van der Waals surface area contributed by atoms with Crippen LogP contribution in [0.4, 0.5) is 11.6 Å². The van der Waals surface area contributed by atoms with Crippen LogP contribution in [0, 0.1) is 5.41 Å². The van der Waals surface area contributed by atoms with E-state index in [1.807, 2.05) is 18.3 Å². The molecule has 0 aliphatic heterocycles. The van der Waals surface area contributed by atoms with Crippen LogP contribution in [0.3, 0.4) is 0 Å². The molecule has 0 saturated heterocycles. The van der Waals surface area contributed by atoms with Crippen LogP contribution in [0.5, 0.6) is 0 Å². The topological polar surface area (TPSA) is 55.0 Å². The summed E-state index contributed by atoms with van der Waals surface area (Å²) >= 11 is 13.7. The third-order valence-electron chi connectivity index (χ3n) is 4.82. The van der Waals surface area contributed by atoms with E-state index in [9.17, 15) is 0 Å². The highest BCUT2D eigenvalue weighted by molar-refractivity contribution is 7.99. The molecule has 2 aromatic rings. The SMILES string of the molecule is CCCN(CC1(C)CCC1)c1cnc(Sc2cccc(Cl)c2Cl)c(N)n1. The van der Waals surface area contributed by atoms with Crippen molar-refractivity contribution in [2.45, 2.75) is 49.5 Å². The van der Waals surface area contributed by atoms with Crippen LogP contribution >= 0.6 is 35.0 Å². The van der Waals surface area contributed by atoms with Gasteiger partial charge in [0.05, 0.1) is 16.2 Å². The smallest absolute Gasteiger partial charge is 0.158 e. The van der Waals surface area contributed by atoms with Crippen molar-refractivity contribution < 1.29 is 0 Å². The van der Waals surface area contributed by atoms with Crippen molar-refractivity contribution >= 4 is 46.6 Å². The molecule has 1 aromatic heterocycles. The van der Waals surface area contributed by atoms with Crippen molar-refractivity contribution in [1.82, 2.24) is 9.97 Å². The van der Waals surface area contributed by atoms with Gasteiger partial charge in [-0.2, -0.15) is 0 Å². The molecular weight excluding hydrogens is 387 g/mol. The number of aromatic nitrogens is 2. The minimum absolute atomic E-state index is 0.382. The Morgan fingerprint density at radius 1 is 1.31 bits per heavy atom. The summed E-state index contributed by atoms with van der Waals surface area (Å²) in [5, 5.41) is 1.67. The zero-order chi connectivity index (χ0) is 18.7. The first-order chi connectivity index (χ1) is 12.4. The summed E-state index contributed by atoms with van der Waals surface area (Å²) in [5.74, 6) is 1.27. The number of benzene rings is 1. The summed E-state index contributed by atoms with van der Waals surface area (Å²) in [6.45, 7) is 6.48. The number of hydrogen-bond donors (Lipinski definition) is 1. The molecule has 140 valence electrons. The second-order valence-corrected chi connectivity index (χ2v) is 8.97. The fourth-order valence-corrected chi connectivity index (χ4v) is 4.51. The van der Waals surface area contributed by atoms with E-state index < -0.39 is 0 Å². The normalized spacial score (nSPS) is 15.5. The predicted octanol–water partition coefficient (Wildman–Crippen LogP) is 5.92. The van der Waals surface area contributed by atoms with E-state index >= 15 is 0 Å². The molecule has 4 nitrogen and oxygen atoms in total. The standard InChI is InChI=1S/C19H24Cl2N4S/c1-3-10-25(12-19(2)8-5-9-19)15-11-23-18(17(22)24-15)26-14-7-4-6-13(20)16(14)21/h4,6-7,11H,3,5,8-10,12H2,1-2H3,(H2,22,24). The van der Waals surface area contributed by atoms with E-state index in [0.29, 0.717) is 26.3 Å². The zero-order valence-electron chi connectivity index (χ0n) is 15.1. The maximum Gasteiger partial charge on any atom is 0.158 e. The number of anilines is 2. The minimum atomic E-state index is 0.382. The molecule has 0 radical (unpaired) electrons. The van der Waals surface area contributed by atoms with E-state index in [1.54, 1.807) is 6.07 Å². The Bertz CT molecular complexity index is 780. The summed E-state index contributed by atoms with van der Waals surface area (Å²) in [6.07, 6.45) is 6.75. The fourth-order valence-electron chi connectivity index (χ4n) is 3.22. The molecule has 7 heteroatoms. The van der Waals surface area contributed by atoms with Crippen LogP contribution in [0.1, 0.15) is 39.5 Å². The Kier molecular flexibility index (Phi) is 6.21. The average molecular weight is 411 g/mol. The second-order valence-electron chi connectivity index (χ2n) is 7.16. The van der Waals surface area contributed by atoms with Gasteiger partial charge < -0.3 is 10.6 Å². The molecule has 1 aliphatic carbocycles. The molecule has 0 unspecified atom stereocenters. The van der Waals surface area contributed by atoms with Gasteiger partial charge in [0.25, 0.3) is 0 Å². The van der Waals surface area contributed by atoms with Crippen molar-refractivity contribution in [3.05, 3.63) is 34.4 Å². The molecule has 2 N–H and O–H groups in total. The van der Waals surface area contributed by atoms with Gasteiger partial charge in [0.15, 0.2) is 5.82 Å². The van der Waals surface area contributed by atoms with E-state index in [2.05, 4.69) is 28.7 Å². The Morgan fingerprint density at radius 2 is 2.08 bits per heavy atom.